The van der Waals surface area contributed by atoms with Crippen molar-refractivity contribution in [2.24, 2.45) is 0 Å². The first-order valence-electron chi connectivity index (χ1n) is 6.39. The third kappa shape index (κ3) is 3.17. The molecule has 2 N–H and O–H groups in total. The second-order valence-corrected chi connectivity index (χ2v) is 4.55. The highest BCUT2D eigenvalue weighted by Gasteiger charge is 2.22. The lowest BCUT2D eigenvalue weighted by Crippen LogP contribution is -2.25. The molecule has 1 saturated heterocycles. The molecule has 4 heteroatoms. The van der Waals surface area contributed by atoms with Gasteiger partial charge in [-0.1, -0.05) is 13.0 Å². The third-order valence-corrected chi connectivity index (χ3v) is 3.07. The molecule has 2 heterocycles. The van der Waals surface area contributed by atoms with E-state index in [9.17, 15) is 5.11 Å². The number of pyridine rings is 1. The van der Waals surface area contributed by atoms with Gasteiger partial charge in [-0.05, 0) is 25.5 Å². The largest absolute Gasteiger partial charge is 0.391 e. The Bertz CT molecular complexity index is 356. The number of β-amino-alcohol motifs (C(OH)–C–C–N with tert-alkyl or cyclic N) is 1. The van der Waals surface area contributed by atoms with Crippen molar-refractivity contribution in [3.05, 3.63) is 23.9 Å². The van der Waals surface area contributed by atoms with Gasteiger partial charge < -0.3 is 15.3 Å². The summed E-state index contributed by atoms with van der Waals surface area (Å²) in [5.74, 6) is 1.02. The zero-order chi connectivity index (χ0) is 12.1. The fourth-order valence-electron chi connectivity index (χ4n) is 2.19. The van der Waals surface area contributed by atoms with Crippen molar-refractivity contribution >= 4 is 5.82 Å². The second kappa shape index (κ2) is 5.98. The molecule has 0 aliphatic carbocycles. The number of aliphatic hydroxyl groups excluding tert-OH is 1. The predicted molar refractivity (Wildman–Crippen MR) is 69.1 cm³/mol. The van der Waals surface area contributed by atoms with Crippen LogP contribution in [0.5, 0.6) is 0 Å². The van der Waals surface area contributed by atoms with Crippen LogP contribution >= 0.6 is 0 Å². The number of nitrogens with one attached hydrogen (secondary N) is 1. The Kier molecular flexibility index (Phi) is 4.34. The number of rotatable bonds is 5. The van der Waals surface area contributed by atoms with E-state index >= 15 is 0 Å². The predicted octanol–water partition coefficient (Wildman–Crippen LogP) is 1.15. The van der Waals surface area contributed by atoms with Gasteiger partial charge in [0.15, 0.2) is 0 Å². The number of hydrogen-bond donors (Lipinski definition) is 2. The maximum atomic E-state index is 9.58. The fourth-order valence-corrected chi connectivity index (χ4v) is 2.19. The lowest BCUT2D eigenvalue weighted by molar-refractivity contribution is 0.198. The molecule has 0 saturated carbocycles. The number of nitrogens with zero attached hydrogens (tertiary/aromatic N) is 2. The van der Waals surface area contributed by atoms with E-state index in [2.05, 4.69) is 28.2 Å². The normalized spacial score (nSPS) is 19.9. The van der Waals surface area contributed by atoms with Crippen molar-refractivity contribution in [1.29, 1.82) is 0 Å². The van der Waals surface area contributed by atoms with E-state index in [1.54, 1.807) is 0 Å². The molecule has 2 rings (SSSR count). The zero-order valence-electron chi connectivity index (χ0n) is 10.4. The van der Waals surface area contributed by atoms with Gasteiger partial charge in [0.25, 0.3) is 0 Å². The van der Waals surface area contributed by atoms with Gasteiger partial charge in [0, 0.05) is 31.4 Å². The number of aliphatic hydroxyl groups is 1. The summed E-state index contributed by atoms with van der Waals surface area (Å²) in [6, 6.07) is 4.08. The topological polar surface area (TPSA) is 48.4 Å². The SMILES string of the molecule is CCCNCc1cccnc1N1CCC(O)C1. The monoisotopic (exact) mass is 235 g/mol. The van der Waals surface area contributed by atoms with Gasteiger partial charge in [-0.3, -0.25) is 0 Å². The minimum absolute atomic E-state index is 0.201. The van der Waals surface area contributed by atoms with E-state index in [0.717, 1.165) is 38.3 Å². The molecular weight excluding hydrogens is 214 g/mol. The molecule has 0 radical (unpaired) electrons. The Morgan fingerprint density at radius 3 is 3.18 bits per heavy atom. The van der Waals surface area contributed by atoms with E-state index in [-0.39, 0.29) is 6.10 Å². The molecular formula is C13H21N3O. The summed E-state index contributed by atoms with van der Waals surface area (Å²) in [6.07, 6.45) is 3.60. The molecule has 1 aromatic heterocycles. The molecule has 1 aromatic rings. The Hall–Kier alpha value is -1.13. The molecule has 0 amide bonds. The number of hydrogen-bond acceptors (Lipinski definition) is 4. The Balaban J connectivity index is 2.05. The van der Waals surface area contributed by atoms with E-state index in [1.165, 1.54) is 5.56 Å². The van der Waals surface area contributed by atoms with Crippen LogP contribution < -0.4 is 10.2 Å². The summed E-state index contributed by atoms with van der Waals surface area (Å²) in [5.41, 5.74) is 1.22. The first-order valence-corrected chi connectivity index (χ1v) is 6.39. The van der Waals surface area contributed by atoms with Crippen LogP contribution in [0.2, 0.25) is 0 Å². The summed E-state index contributed by atoms with van der Waals surface area (Å²) in [5, 5.41) is 13.0. The van der Waals surface area contributed by atoms with Crippen LogP contribution in [0.1, 0.15) is 25.3 Å². The summed E-state index contributed by atoms with van der Waals surface area (Å²) >= 11 is 0. The summed E-state index contributed by atoms with van der Waals surface area (Å²) in [6.45, 7) is 5.64. The van der Waals surface area contributed by atoms with E-state index in [0.29, 0.717) is 6.54 Å². The molecule has 94 valence electrons. The molecule has 0 spiro atoms. The fraction of sp³-hybridized carbons (Fsp3) is 0.615. The number of anilines is 1. The quantitative estimate of drug-likeness (QED) is 0.752. The van der Waals surface area contributed by atoms with Crippen LogP contribution in [-0.4, -0.2) is 35.8 Å². The lowest BCUT2D eigenvalue weighted by Gasteiger charge is -2.20. The zero-order valence-corrected chi connectivity index (χ0v) is 10.4. The number of aromatic nitrogens is 1. The average molecular weight is 235 g/mol. The van der Waals surface area contributed by atoms with Gasteiger partial charge in [0.2, 0.25) is 0 Å². The smallest absolute Gasteiger partial charge is 0.133 e. The highest BCUT2D eigenvalue weighted by Crippen LogP contribution is 2.21. The van der Waals surface area contributed by atoms with Crippen LogP contribution in [0.4, 0.5) is 5.82 Å². The van der Waals surface area contributed by atoms with Gasteiger partial charge in [-0.15, -0.1) is 0 Å². The van der Waals surface area contributed by atoms with Gasteiger partial charge in [-0.25, -0.2) is 4.98 Å². The Morgan fingerprint density at radius 2 is 2.47 bits per heavy atom. The van der Waals surface area contributed by atoms with E-state index in [4.69, 9.17) is 0 Å². The Labute approximate surface area is 103 Å². The molecule has 4 nitrogen and oxygen atoms in total. The second-order valence-electron chi connectivity index (χ2n) is 4.55. The lowest BCUT2D eigenvalue weighted by atomic mass is 10.2. The van der Waals surface area contributed by atoms with Crippen molar-refractivity contribution in [2.75, 3.05) is 24.5 Å². The standard InChI is InChI=1S/C13H21N3O/c1-2-6-14-9-11-4-3-7-15-13(11)16-8-5-12(17)10-16/h3-4,7,12,14,17H,2,5-6,8-10H2,1H3. The van der Waals surface area contributed by atoms with E-state index in [1.807, 2.05) is 12.3 Å². The summed E-state index contributed by atoms with van der Waals surface area (Å²) in [7, 11) is 0. The van der Waals surface area contributed by atoms with Crippen LogP contribution in [0.15, 0.2) is 18.3 Å². The minimum Gasteiger partial charge on any atom is -0.391 e. The maximum absolute atomic E-state index is 9.58. The van der Waals surface area contributed by atoms with Crippen LogP contribution in [0.25, 0.3) is 0 Å². The average Bonchev–Trinajstić information content (AvgIpc) is 2.77. The molecule has 0 aromatic carbocycles. The molecule has 17 heavy (non-hydrogen) atoms. The highest BCUT2D eigenvalue weighted by atomic mass is 16.3. The molecule has 1 unspecified atom stereocenters. The van der Waals surface area contributed by atoms with Gasteiger partial charge >= 0.3 is 0 Å². The van der Waals surface area contributed by atoms with Crippen LogP contribution in [0.3, 0.4) is 0 Å². The summed E-state index contributed by atoms with van der Waals surface area (Å²) in [4.78, 5) is 6.62. The third-order valence-electron chi connectivity index (χ3n) is 3.07. The maximum Gasteiger partial charge on any atom is 0.133 e. The van der Waals surface area contributed by atoms with Crippen molar-refractivity contribution in [3.8, 4) is 0 Å². The Morgan fingerprint density at radius 1 is 1.59 bits per heavy atom. The van der Waals surface area contributed by atoms with Crippen molar-refractivity contribution in [3.63, 3.8) is 0 Å². The minimum atomic E-state index is -0.201. The molecule has 1 aliphatic heterocycles. The summed E-state index contributed by atoms with van der Waals surface area (Å²) < 4.78 is 0. The molecule has 1 fully saturated rings. The van der Waals surface area contributed by atoms with Crippen molar-refractivity contribution < 1.29 is 5.11 Å². The molecule has 0 bridgehead atoms. The van der Waals surface area contributed by atoms with Crippen LogP contribution in [0, 0.1) is 0 Å². The highest BCUT2D eigenvalue weighted by molar-refractivity contribution is 5.47. The van der Waals surface area contributed by atoms with Gasteiger partial charge in [-0.2, -0.15) is 0 Å². The van der Waals surface area contributed by atoms with Crippen molar-refractivity contribution in [2.45, 2.75) is 32.4 Å². The molecule has 1 atom stereocenters. The van der Waals surface area contributed by atoms with Gasteiger partial charge in [0.05, 0.1) is 6.10 Å². The molecule has 1 aliphatic rings. The van der Waals surface area contributed by atoms with Crippen molar-refractivity contribution in [1.82, 2.24) is 10.3 Å². The van der Waals surface area contributed by atoms with Crippen LogP contribution in [-0.2, 0) is 6.54 Å². The first-order chi connectivity index (χ1) is 8.31. The first kappa shape index (κ1) is 12.3. The van der Waals surface area contributed by atoms with Gasteiger partial charge in [0.1, 0.15) is 5.82 Å². The van der Waals surface area contributed by atoms with E-state index < -0.39 is 0 Å².